The van der Waals surface area contributed by atoms with E-state index in [1.165, 1.54) is 6.07 Å². The molecule has 0 aliphatic heterocycles. The van der Waals surface area contributed by atoms with E-state index in [1.807, 2.05) is 0 Å². The van der Waals surface area contributed by atoms with E-state index in [-0.39, 0.29) is 11.1 Å². The van der Waals surface area contributed by atoms with Gasteiger partial charge in [-0.25, -0.2) is 0 Å². The normalized spacial score (nSPS) is 28.9. The molecule has 0 amide bonds. The van der Waals surface area contributed by atoms with Crippen molar-refractivity contribution in [2.24, 2.45) is 11.8 Å². The first-order valence-corrected chi connectivity index (χ1v) is 6.63. The molecule has 0 saturated heterocycles. The third kappa shape index (κ3) is 2.34. The molecule has 1 aromatic rings. The van der Waals surface area contributed by atoms with Crippen LogP contribution in [0.1, 0.15) is 18.4 Å². The van der Waals surface area contributed by atoms with Crippen molar-refractivity contribution in [2.45, 2.75) is 25.1 Å². The Hall–Kier alpha value is -1.16. The number of alkyl halides is 3. The van der Waals surface area contributed by atoms with Crippen molar-refractivity contribution in [1.82, 2.24) is 0 Å². The number of anilines is 1. The number of halogens is 4. The fraction of sp³-hybridized carbons (Fsp3) is 0.429. The van der Waals surface area contributed by atoms with Crippen molar-refractivity contribution < 1.29 is 13.2 Å². The van der Waals surface area contributed by atoms with Crippen LogP contribution in [-0.2, 0) is 6.18 Å². The Morgan fingerprint density at radius 3 is 2.74 bits per heavy atom. The van der Waals surface area contributed by atoms with Crippen LogP contribution in [0.25, 0.3) is 0 Å². The highest BCUT2D eigenvalue weighted by Crippen LogP contribution is 2.44. The standard InChI is InChI=1S/C14H13ClF3N/c15-12-5-4-9(7-11(12)14(16,17)18)19-13-6-8-2-1-3-10(8)13/h1,3-5,7-8,10,13,19H,2,6H2. The molecule has 2 aliphatic rings. The maximum absolute atomic E-state index is 12.8. The van der Waals surface area contributed by atoms with E-state index < -0.39 is 11.7 Å². The summed E-state index contributed by atoms with van der Waals surface area (Å²) in [4.78, 5) is 0. The minimum atomic E-state index is -4.41. The summed E-state index contributed by atoms with van der Waals surface area (Å²) in [5.41, 5.74) is -0.294. The number of benzene rings is 1. The van der Waals surface area contributed by atoms with E-state index in [1.54, 1.807) is 6.07 Å². The third-order valence-electron chi connectivity index (χ3n) is 3.99. The molecule has 0 radical (unpaired) electrons. The lowest BCUT2D eigenvalue weighted by Gasteiger charge is -2.41. The fourth-order valence-electron chi connectivity index (χ4n) is 2.93. The molecule has 1 saturated carbocycles. The number of allylic oxidation sites excluding steroid dienone is 1. The van der Waals surface area contributed by atoms with Gasteiger partial charge in [0.1, 0.15) is 0 Å². The average molecular weight is 288 g/mol. The summed E-state index contributed by atoms with van der Waals surface area (Å²) in [6.07, 6.45) is 2.01. The summed E-state index contributed by atoms with van der Waals surface area (Å²) in [6.45, 7) is 0. The lowest BCUT2D eigenvalue weighted by atomic mass is 9.71. The van der Waals surface area contributed by atoms with Crippen LogP contribution < -0.4 is 5.32 Å². The van der Waals surface area contributed by atoms with Gasteiger partial charge in [0.2, 0.25) is 0 Å². The van der Waals surface area contributed by atoms with Crippen LogP contribution in [0.3, 0.4) is 0 Å². The van der Waals surface area contributed by atoms with Gasteiger partial charge in [0.05, 0.1) is 10.6 Å². The molecule has 102 valence electrons. The molecule has 1 N–H and O–H groups in total. The molecule has 0 spiro atoms. The fourth-order valence-corrected chi connectivity index (χ4v) is 3.15. The second-order valence-corrected chi connectivity index (χ2v) is 5.59. The summed E-state index contributed by atoms with van der Waals surface area (Å²) in [5, 5.41) is 2.92. The Labute approximate surface area is 114 Å². The van der Waals surface area contributed by atoms with Gasteiger partial charge in [-0.3, -0.25) is 0 Å². The molecule has 3 unspecified atom stereocenters. The third-order valence-corrected chi connectivity index (χ3v) is 4.32. The second-order valence-electron chi connectivity index (χ2n) is 5.18. The maximum atomic E-state index is 12.8. The van der Waals surface area contributed by atoms with E-state index in [0.29, 0.717) is 17.5 Å². The van der Waals surface area contributed by atoms with Crippen LogP contribution in [0.5, 0.6) is 0 Å². The highest BCUT2D eigenvalue weighted by molar-refractivity contribution is 6.31. The van der Waals surface area contributed by atoms with E-state index >= 15 is 0 Å². The van der Waals surface area contributed by atoms with Gasteiger partial charge < -0.3 is 5.32 Å². The molecule has 1 fully saturated rings. The first-order chi connectivity index (χ1) is 8.95. The van der Waals surface area contributed by atoms with Gasteiger partial charge in [0, 0.05) is 17.6 Å². The Morgan fingerprint density at radius 1 is 1.26 bits per heavy atom. The van der Waals surface area contributed by atoms with E-state index in [4.69, 9.17) is 11.6 Å². The predicted octanol–water partition coefficient (Wildman–Crippen LogP) is 4.74. The van der Waals surface area contributed by atoms with Crippen LogP contribution >= 0.6 is 11.6 Å². The van der Waals surface area contributed by atoms with Crippen molar-refractivity contribution >= 4 is 17.3 Å². The molecule has 2 aliphatic carbocycles. The number of nitrogens with one attached hydrogen (secondary N) is 1. The Kier molecular flexibility index (Phi) is 3.01. The van der Waals surface area contributed by atoms with E-state index in [9.17, 15) is 13.2 Å². The minimum Gasteiger partial charge on any atom is -0.382 e. The molecule has 5 heteroatoms. The van der Waals surface area contributed by atoms with E-state index in [2.05, 4.69) is 17.5 Å². The molecule has 3 rings (SSSR count). The van der Waals surface area contributed by atoms with Crippen LogP contribution in [0.15, 0.2) is 30.4 Å². The SMILES string of the molecule is FC(F)(F)c1cc(NC2CC3CC=CC32)ccc1Cl. The van der Waals surface area contributed by atoms with Gasteiger partial charge in [-0.15, -0.1) is 0 Å². The van der Waals surface area contributed by atoms with Crippen molar-refractivity contribution in [3.63, 3.8) is 0 Å². The van der Waals surface area contributed by atoms with Gasteiger partial charge in [-0.05, 0) is 37.0 Å². The van der Waals surface area contributed by atoms with Crippen LogP contribution in [-0.4, -0.2) is 6.04 Å². The summed E-state index contributed by atoms with van der Waals surface area (Å²) in [7, 11) is 0. The molecule has 3 atom stereocenters. The average Bonchev–Trinajstić information content (AvgIpc) is 2.68. The zero-order chi connectivity index (χ0) is 13.6. The lowest BCUT2D eigenvalue weighted by Crippen LogP contribution is -2.43. The van der Waals surface area contributed by atoms with Gasteiger partial charge in [0.25, 0.3) is 0 Å². The molecule has 19 heavy (non-hydrogen) atoms. The van der Waals surface area contributed by atoms with Crippen molar-refractivity contribution in [3.8, 4) is 0 Å². The molecule has 0 bridgehead atoms. The van der Waals surface area contributed by atoms with Gasteiger partial charge in [-0.1, -0.05) is 23.8 Å². The molecule has 1 aromatic carbocycles. The molecule has 1 nitrogen and oxygen atoms in total. The molecule has 0 heterocycles. The zero-order valence-electron chi connectivity index (χ0n) is 10.0. The van der Waals surface area contributed by atoms with Crippen molar-refractivity contribution in [1.29, 1.82) is 0 Å². The van der Waals surface area contributed by atoms with Gasteiger partial charge >= 0.3 is 6.18 Å². The first kappa shape index (κ1) is 12.9. The highest BCUT2D eigenvalue weighted by Gasteiger charge is 2.41. The summed E-state index contributed by atoms with van der Waals surface area (Å²) in [6, 6.07) is 4.23. The van der Waals surface area contributed by atoms with Crippen LogP contribution in [0.4, 0.5) is 18.9 Å². The highest BCUT2D eigenvalue weighted by atomic mass is 35.5. The molecular weight excluding hydrogens is 275 g/mol. The van der Waals surface area contributed by atoms with Gasteiger partial charge in [-0.2, -0.15) is 13.2 Å². The summed E-state index contributed by atoms with van der Waals surface area (Å²) < 4.78 is 38.3. The summed E-state index contributed by atoms with van der Waals surface area (Å²) >= 11 is 5.60. The van der Waals surface area contributed by atoms with E-state index in [0.717, 1.165) is 18.9 Å². The Balaban J connectivity index is 1.77. The van der Waals surface area contributed by atoms with Crippen LogP contribution in [0, 0.1) is 11.8 Å². The number of fused-ring (bicyclic) bond motifs is 1. The Bertz CT molecular complexity index is 524. The minimum absolute atomic E-state index is 0.242. The van der Waals surface area contributed by atoms with Gasteiger partial charge in [0.15, 0.2) is 0 Å². The molecular formula is C14H13ClF3N. The lowest BCUT2D eigenvalue weighted by molar-refractivity contribution is -0.137. The number of hydrogen-bond acceptors (Lipinski definition) is 1. The largest absolute Gasteiger partial charge is 0.417 e. The van der Waals surface area contributed by atoms with Crippen LogP contribution in [0.2, 0.25) is 5.02 Å². The first-order valence-electron chi connectivity index (χ1n) is 6.25. The predicted molar refractivity (Wildman–Crippen MR) is 69.2 cm³/mol. The number of rotatable bonds is 2. The zero-order valence-corrected chi connectivity index (χ0v) is 10.8. The monoisotopic (exact) mass is 287 g/mol. The smallest absolute Gasteiger partial charge is 0.382 e. The maximum Gasteiger partial charge on any atom is 0.417 e. The summed E-state index contributed by atoms with van der Waals surface area (Å²) in [5.74, 6) is 1.14. The topological polar surface area (TPSA) is 12.0 Å². The van der Waals surface area contributed by atoms with Crippen molar-refractivity contribution in [3.05, 3.63) is 40.9 Å². The van der Waals surface area contributed by atoms with Crippen molar-refractivity contribution in [2.75, 3.05) is 5.32 Å². The second kappa shape index (κ2) is 4.44. The number of hydrogen-bond donors (Lipinski definition) is 1. The quantitative estimate of drug-likeness (QED) is 0.775. The Morgan fingerprint density at radius 2 is 2.05 bits per heavy atom. The molecule has 0 aromatic heterocycles.